The molecule has 4 atom stereocenters. The predicted molar refractivity (Wildman–Crippen MR) is 86.7 cm³/mol. The molecule has 0 amide bonds. The lowest BCUT2D eigenvalue weighted by Gasteiger charge is -2.39. The second kappa shape index (κ2) is 7.26. The quantitative estimate of drug-likeness (QED) is 0.819. The van der Waals surface area contributed by atoms with Gasteiger partial charge < -0.3 is 5.32 Å². The zero-order chi connectivity index (χ0) is 15.5. The molecule has 0 radical (unpaired) electrons. The fraction of sp³-hybridized carbons (Fsp3) is 1.00. The van der Waals surface area contributed by atoms with Gasteiger partial charge in [0.05, 0.1) is 10.5 Å². The van der Waals surface area contributed by atoms with Crippen LogP contribution in [0.2, 0.25) is 0 Å². The van der Waals surface area contributed by atoms with E-state index in [-0.39, 0.29) is 22.5 Å². The average molecular weight is 304 g/mol. The maximum absolute atomic E-state index is 12.9. The van der Waals surface area contributed by atoms with Gasteiger partial charge in [-0.25, -0.2) is 8.42 Å². The standard InChI is InChI=1S/C16H33NO2S/c1-7-17-15-9-8-14(12(4)5)10-16(15)20(18,19)13(6)11(2)3/h11-17H,7-10H2,1-6H3. The monoisotopic (exact) mass is 303 g/mol. The molecule has 4 unspecified atom stereocenters. The Morgan fingerprint density at radius 3 is 2.15 bits per heavy atom. The molecule has 0 aliphatic heterocycles. The topological polar surface area (TPSA) is 46.2 Å². The summed E-state index contributed by atoms with van der Waals surface area (Å²) in [6.07, 6.45) is 2.97. The van der Waals surface area contributed by atoms with Gasteiger partial charge in [0, 0.05) is 6.04 Å². The van der Waals surface area contributed by atoms with Gasteiger partial charge in [-0.2, -0.15) is 0 Å². The summed E-state index contributed by atoms with van der Waals surface area (Å²) < 4.78 is 25.9. The Hall–Kier alpha value is -0.0900. The van der Waals surface area contributed by atoms with Gasteiger partial charge >= 0.3 is 0 Å². The molecule has 0 saturated heterocycles. The summed E-state index contributed by atoms with van der Waals surface area (Å²) >= 11 is 0. The third-order valence-electron chi connectivity index (χ3n) is 5.12. The van der Waals surface area contributed by atoms with Gasteiger partial charge in [0.1, 0.15) is 0 Å². The van der Waals surface area contributed by atoms with Crippen LogP contribution in [0.15, 0.2) is 0 Å². The second-order valence-corrected chi connectivity index (χ2v) is 9.59. The van der Waals surface area contributed by atoms with Gasteiger partial charge in [0.25, 0.3) is 0 Å². The van der Waals surface area contributed by atoms with Crippen LogP contribution in [0.5, 0.6) is 0 Å². The van der Waals surface area contributed by atoms with Crippen molar-refractivity contribution in [2.24, 2.45) is 17.8 Å². The van der Waals surface area contributed by atoms with Crippen LogP contribution >= 0.6 is 0 Å². The summed E-state index contributed by atoms with van der Waals surface area (Å²) in [5, 5.41) is 2.96. The van der Waals surface area contributed by atoms with Gasteiger partial charge in [0.15, 0.2) is 9.84 Å². The predicted octanol–water partition coefficient (Wildman–Crippen LogP) is 3.25. The van der Waals surface area contributed by atoms with Crippen molar-refractivity contribution < 1.29 is 8.42 Å². The van der Waals surface area contributed by atoms with Gasteiger partial charge in [-0.3, -0.25) is 0 Å². The lowest BCUT2D eigenvalue weighted by atomic mass is 9.79. The van der Waals surface area contributed by atoms with E-state index < -0.39 is 9.84 Å². The minimum Gasteiger partial charge on any atom is -0.313 e. The summed E-state index contributed by atoms with van der Waals surface area (Å²) in [4.78, 5) is 0. The Kier molecular flexibility index (Phi) is 6.52. The van der Waals surface area contributed by atoms with Crippen LogP contribution in [0.3, 0.4) is 0 Å². The molecular formula is C16H33NO2S. The molecule has 120 valence electrons. The molecule has 0 aromatic heterocycles. The highest BCUT2D eigenvalue weighted by Crippen LogP contribution is 2.35. The molecule has 1 aliphatic rings. The number of rotatable bonds is 6. The third-order valence-corrected chi connectivity index (χ3v) is 8.07. The van der Waals surface area contributed by atoms with Crippen LogP contribution in [0, 0.1) is 17.8 Å². The van der Waals surface area contributed by atoms with E-state index in [0.29, 0.717) is 11.8 Å². The van der Waals surface area contributed by atoms with Crippen molar-refractivity contribution >= 4 is 9.84 Å². The van der Waals surface area contributed by atoms with Crippen LogP contribution in [0.4, 0.5) is 0 Å². The first-order valence-corrected chi connectivity index (χ1v) is 9.78. The number of hydrogen-bond acceptors (Lipinski definition) is 3. The van der Waals surface area contributed by atoms with E-state index in [4.69, 9.17) is 0 Å². The van der Waals surface area contributed by atoms with Crippen LogP contribution in [-0.2, 0) is 9.84 Å². The molecule has 3 nitrogen and oxygen atoms in total. The molecule has 1 fully saturated rings. The second-order valence-electron chi connectivity index (χ2n) is 7.06. The van der Waals surface area contributed by atoms with Crippen LogP contribution in [-0.4, -0.2) is 31.5 Å². The number of hydrogen-bond donors (Lipinski definition) is 1. The third kappa shape index (κ3) is 3.97. The van der Waals surface area contributed by atoms with E-state index >= 15 is 0 Å². The SMILES string of the molecule is CCNC1CCC(C(C)C)CC1S(=O)(=O)C(C)C(C)C. The highest BCUT2D eigenvalue weighted by atomic mass is 32.2. The van der Waals surface area contributed by atoms with Crippen molar-refractivity contribution in [2.45, 2.75) is 77.3 Å². The molecule has 0 heterocycles. The summed E-state index contributed by atoms with van der Waals surface area (Å²) in [5.41, 5.74) is 0. The zero-order valence-electron chi connectivity index (χ0n) is 14.0. The van der Waals surface area contributed by atoms with Gasteiger partial charge in [-0.05, 0) is 50.5 Å². The first-order chi connectivity index (χ1) is 9.21. The molecule has 1 rings (SSSR count). The molecule has 1 saturated carbocycles. The fourth-order valence-electron chi connectivity index (χ4n) is 3.28. The van der Waals surface area contributed by atoms with Crippen LogP contribution in [0.1, 0.15) is 60.8 Å². The molecule has 4 heteroatoms. The largest absolute Gasteiger partial charge is 0.313 e. The van der Waals surface area contributed by atoms with Gasteiger partial charge in [-0.1, -0.05) is 34.6 Å². The highest BCUT2D eigenvalue weighted by Gasteiger charge is 2.42. The molecule has 0 aromatic carbocycles. The van der Waals surface area contributed by atoms with Crippen molar-refractivity contribution in [1.82, 2.24) is 5.32 Å². The van der Waals surface area contributed by atoms with Crippen molar-refractivity contribution in [3.05, 3.63) is 0 Å². The van der Waals surface area contributed by atoms with Crippen molar-refractivity contribution in [3.8, 4) is 0 Å². The maximum atomic E-state index is 12.9. The fourth-order valence-corrected chi connectivity index (χ4v) is 5.80. The molecule has 1 N–H and O–H groups in total. The Bertz CT molecular complexity index is 389. The smallest absolute Gasteiger partial charge is 0.157 e. The Morgan fingerprint density at radius 1 is 1.10 bits per heavy atom. The van der Waals surface area contributed by atoms with E-state index in [1.807, 2.05) is 20.8 Å². The minimum absolute atomic E-state index is 0.140. The lowest BCUT2D eigenvalue weighted by molar-refractivity contribution is 0.241. The summed E-state index contributed by atoms with van der Waals surface area (Å²) in [6.45, 7) is 13.2. The van der Waals surface area contributed by atoms with Gasteiger partial charge in [-0.15, -0.1) is 0 Å². The van der Waals surface area contributed by atoms with Crippen molar-refractivity contribution in [1.29, 1.82) is 0 Å². The first-order valence-electron chi connectivity index (χ1n) is 8.17. The number of nitrogens with one attached hydrogen (secondary N) is 1. The Balaban J connectivity index is 2.99. The molecule has 0 spiro atoms. The minimum atomic E-state index is -3.06. The van der Waals surface area contributed by atoms with Crippen molar-refractivity contribution in [3.63, 3.8) is 0 Å². The van der Waals surface area contributed by atoms with Crippen LogP contribution in [0.25, 0.3) is 0 Å². The summed E-state index contributed by atoms with van der Waals surface area (Å²) in [7, 11) is -3.06. The Labute approximate surface area is 125 Å². The normalized spacial score (nSPS) is 29.9. The van der Waals surface area contributed by atoms with Crippen LogP contribution < -0.4 is 5.32 Å². The van der Waals surface area contributed by atoms with E-state index in [0.717, 1.165) is 25.8 Å². The molecular weight excluding hydrogens is 270 g/mol. The number of sulfone groups is 1. The van der Waals surface area contributed by atoms with E-state index in [2.05, 4.69) is 26.1 Å². The first kappa shape index (κ1) is 18.0. The van der Waals surface area contributed by atoms with E-state index in [1.165, 1.54) is 0 Å². The van der Waals surface area contributed by atoms with Crippen molar-refractivity contribution in [2.75, 3.05) is 6.54 Å². The van der Waals surface area contributed by atoms with E-state index in [9.17, 15) is 8.42 Å². The summed E-state index contributed by atoms with van der Waals surface area (Å²) in [5.74, 6) is 1.30. The Morgan fingerprint density at radius 2 is 1.70 bits per heavy atom. The summed E-state index contributed by atoms with van der Waals surface area (Å²) in [6, 6.07) is 0.140. The lowest BCUT2D eigenvalue weighted by Crippen LogP contribution is -2.51. The molecule has 0 bridgehead atoms. The maximum Gasteiger partial charge on any atom is 0.157 e. The molecule has 1 aliphatic carbocycles. The average Bonchev–Trinajstić information content (AvgIpc) is 2.38. The highest BCUT2D eigenvalue weighted by molar-refractivity contribution is 7.92. The zero-order valence-corrected chi connectivity index (χ0v) is 14.8. The molecule has 20 heavy (non-hydrogen) atoms. The van der Waals surface area contributed by atoms with Gasteiger partial charge in [0.2, 0.25) is 0 Å². The molecule has 0 aromatic rings. The van der Waals surface area contributed by atoms with E-state index in [1.54, 1.807) is 0 Å².